The summed E-state index contributed by atoms with van der Waals surface area (Å²) in [6.07, 6.45) is 2.31. The van der Waals surface area contributed by atoms with Crippen molar-refractivity contribution < 1.29 is 0 Å². The van der Waals surface area contributed by atoms with Gasteiger partial charge in [-0.2, -0.15) is 0 Å². The van der Waals surface area contributed by atoms with Gasteiger partial charge in [-0.3, -0.25) is 0 Å². The lowest BCUT2D eigenvalue weighted by molar-refractivity contribution is 0.366. The number of nitrogens with zero attached hydrogens (tertiary/aromatic N) is 1. The lowest BCUT2D eigenvalue weighted by Gasteiger charge is -2.34. The number of halogens is 2. The standard InChI is InChI=1S/C14H20BrClN2/c1-3-14(2)10-18(8-4-7-17-14)11-5-6-13(16)12(15)9-11/h5-6,9,17H,3-4,7-8,10H2,1-2H3. The Morgan fingerprint density at radius 2 is 2.28 bits per heavy atom. The largest absolute Gasteiger partial charge is 0.370 e. The Balaban J connectivity index is 2.22. The van der Waals surface area contributed by atoms with Crippen LogP contribution in [0.1, 0.15) is 26.7 Å². The SMILES string of the molecule is CCC1(C)CN(c2ccc(Cl)c(Br)c2)CCCN1. The van der Waals surface area contributed by atoms with Crippen molar-refractivity contribution >= 4 is 33.2 Å². The summed E-state index contributed by atoms with van der Waals surface area (Å²) in [4.78, 5) is 2.45. The first-order valence-electron chi connectivity index (χ1n) is 6.49. The Hall–Kier alpha value is -0.250. The molecule has 1 heterocycles. The van der Waals surface area contributed by atoms with Crippen LogP contribution in [0.2, 0.25) is 5.02 Å². The molecular weight excluding hydrogens is 312 g/mol. The smallest absolute Gasteiger partial charge is 0.0549 e. The van der Waals surface area contributed by atoms with Crippen molar-refractivity contribution in [1.29, 1.82) is 0 Å². The van der Waals surface area contributed by atoms with Crippen LogP contribution in [0.3, 0.4) is 0 Å². The summed E-state index contributed by atoms with van der Waals surface area (Å²) >= 11 is 9.56. The second kappa shape index (κ2) is 5.81. The van der Waals surface area contributed by atoms with Crippen LogP contribution in [0.25, 0.3) is 0 Å². The van der Waals surface area contributed by atoms with Crippen molar-refractivity contribution in [3.63, 3.8) is 0 Å². The Kier molecular flexibility index (Phi) is 4.57. The maximum absolute atomic E-state index is 6.06. The molecule has 0 aliphatic carbocycles. The number of hydrogen-bond donors (Lipinski definition) is 1. The molecule has 1 atom stereocenters. The maximum Gasteiger partial charge on any atom is 0.0549 e. The summed E-state index contributed by atoms with van der Waals surface area (Å²) in [7, 11) is 0. The first kappa shape index (κ1) is 14.2. The zero-order valence-electron chi connectivity index (χ0n) is 11.0. The zero-order valence-corrected chi connectivity index (χ0v) is 13.3. The number of hydrogen-bond acceptors (Lipinski definition) is 2. The zero-order chi connectivity index (χ0) is 13.2. The van der Waals surface area contributed by atoms with Gasteiger partial charge in [0.15, 0.2) is 0 Å². The highest BCUT2D eigenvalue weighted by molar-refractivity contribution is 9.10. The van der Waals surface area contributed by atoms with Gasteiger partial charge in [0.05, 0.1) is 5.02 Å². The normalized spacial score (nSPS) is 25.0. The van der Waals surface area contributed by atoms with Crippen molar-refractivity contribution in [3.05, 3.63) is 27.7 Å². The van der Waals surface area contributed by atoms with Crippen molar-refractivity contribution in [2.24, 2.45) is 0 Å². The molecule has 1 fully saturated rings. The minimum Gasteiger partial charge on any atom is -0.370 e. The summed E-state index contributed by atoms with van der Waals surface area (Å²) in [6.45, 7) is 7.77. The third-order valence-electron chi connectivity index (χ3n) is 3.75. The van der Waals surface area contributed by atoms with Crippen LogP contribution in [0, 0.1) is 0 Å². The summed E-state index contributed by atoms with van der Waals surface area (Å²) in [5.74, 6) is 0. The molecule has 2 nitrogen and oxygen atoms in total. The molecule has 1 aliphatic heterocycles. The number of benzene rings is 1. The third kappa shape index (κ3) is 3.19. The van der Waals surface area contributed by atoms with Gasteiger partial charge in [0.1, 0.15) is 0 Å². The molecule has 1 saturated heterocycles. The molecule has 1 N–H and O–H groups in total. The molecule has 0 bridgehead atoms. The topological polar surface area (TPSA) is 15.3 Å². The summed E-state index contributed by atoms with van der Waals surface area (Å²) in [6, 6.07) is 6.18. The monoisotopic (exact) mass is 330 g/mol. The van der Waals surface area contributed by atoms with E-state index in [0.717, 1.165) is 35.6 Å². The van der Waals surface area contributed by atoms with E-state index in [2.05, 4.69) is 52.1 Å². The van der Waals surface area contributed by atoms with Gasteiger partial charge < -0.3 is 10.2 Å². The third-order valence-corrected chi connectivity index (χ3v) is 4.96. The quantitative estimate of drug-likeness (QED) is 0.879. The maximum atomic E-state index is 6.06. The molecular formula is C14H20BrClN2. The van der Waals surface area contributed by atoms with E-state index < -0.39 is 0 Å². The Bertz CT molecular complexity index is 424. The van der Waals surface area contributed by atoms with Crippen molar-refractivity contribution in [2.45, 2.75) is 32.2 Å². The number of rotatable bonds is 2. The predicted octanol–water partition coefficient (Wildman–Crippen LogP) is 4.07. The second-order valence-corrected chi connectivity index (χ2v) is 6.48. The minimum atomic E-state index is 0.197. The molecule has 2 rings (SSSR count). The van der Waals surface area contributed by atoms with Gasteiger partial charge in [-0.1, -0.05) is 18.5 Å². The Morgan fingerprint density at radius 1 is 1.50 bits per heavy atom. The molecule has 0 spiro atoms. The van der Waals surface area contributed by atoms with Gasteiger partial charge >= 0.3 is 0 Å². The van der Waals surface area contributed by atoms with Crippen molar-refractivity contribution in [1.82, 2.24) is 5.32 Å². The van der Waals surface area contributed by atoms with Gasteiger partial charge in [0.25, 0.3) is 0 Å². The van der Waals surface area contributed by atoms with Crippen LogP contribution in [0.5, 0.6) is 0 Å². The first-order chi connectivity index (χ1) is 8.54. The van der Waals surface area contributed by atoms with Crippen LogP contribution < -0.4 is 10.2 Å². The highest BCUT2D eigenvalue weighted by Gasteiger charge is 2.27. The molecule has 1 aromatic carbocycles. The van der Waals surface area contributed by atoms with Gasteiger partial charge in [-0.15, -0.1) is 0 Å². The lowest BCUT2D eigenvalue weighted by Crippen LogP contribution is -2.48. The molecule has 1 aromatic rings. The van der Waals surface area contributed by atoms with E-state index in [-0.39, 0.29) is 5.54 Å². The number of anilines is 1. The predicted molar refractivity (Wildman–Crippen MR) is 82.7 cm³/mol. The van der Waals surface area contributed by atoms with E-state index in [0.29, 0.717) is 0 Å². The van der Waals surface area contributed by atoms with E-state index in [9.17, 15) is 0 Å². The van der Waals surface area contributed by atoms with E-state index in [1.54, 1.807) is 0 Å². The summed E-state index contributed by atoms with van der Waals surface area (Å²) in [5.41, 5.74) is 1.44. The van der Waals surface area contributed by atoms with E-state index in [4.69, 9.17) is 11.6 Å². The summed E-state index contributed by atoms with van der Waals surface area (Å²) < 4.78 is 0.970. The highest BCUT2D eigenvalue weighted by atomic mass is 79.9. The Labute approximate surface area is 123 Å². The summed E-state index contributed by atoms with van der Waals surface area (Å²) in [5, 5.41) is 4.42. The van der Waals surface area contributed by atoms with Crippen LogP contribution in [-0.4, -0.2) is 25.2 Å². The molecule has 1 unspecified atom stereocenters. The van der Waals surface area contributed by atoms with Gasteiger partial charge in [0, 0.05) is 28.8 Å². The van der Waals surface area contributed by atoms with Gasteiger partial charge in [0.2, 0.25) is 0 Å². The van der Waals surface area contributed by atoms with E-state index >= 15 is 0 Å². The average molecular weight is 332 g/mol. The molecule has 0 saturated carbocycles. The number of nitrogens with one attached hydrogen (secondary N) is 1. The fourth-order valence-corrected chi connectivity index (χ4v) is 2.84. The fourth-order valence-electron chi connectivity index (χ4n) is 2.36. The molecule has 1 aliphatic rings. The van der Waals surface area contributed by atoms with E-state index in [1.807, 2.05) is 6.07 Å². The first-order valence-corrected chi connectivity index (χ1v) is 7.66. The molecule has 0 aromatic heterocycles. The molecule has 0 amide bonds. The lowest BCUT2D eigenvalue weighted by atomic mass is 9.98. The van der Waals surface area contributed by atoms with Crippen LogP contribution in [0.15, 0.2) is 22.7 Å². The van der Waals surface area contributed by atoms with Crippen LogP contribution in [0.4, 0.5) is 5.69 Å². The fraction of sp³-hybridized carbons (Fsp3) is 0.571. The molecule has 4 heteroatoms. The van der Waals surface area contributed by atoms with E-state index in [1.165, 1.54) is 12.1 Å². The molecule has 18 heavy (non-hydrogen) atoms. The molecule has 100 valence electrons. The highest BCUT2D eigenvalue weighted by Crippen LogP contribution is 2.29. The average Bonchev–Trinajstić information content (AvgIpc) is 2.56. The molecule has 0 radical (unpaired) electrons. The van der Waals surface area contributed by atoms with Gasteiger partial charge in [-0.25, -0.2) is 0 Å². The minimum absolute atomic E-state index is 0.197. The van der Waals surface area contributed by atoms with Crippen molar-refractivity contribution in [3.8, 4) is 0 Å². The Morgan fingerprint density at radius 3 is 2.94 bits per heavy atom. The van der Waals surface area contributed by atoms with Crippen molar-refractivity contribution in [2.75, 3.05) is 24.5 Å². The van der Waals surface area contributed by atoms with Crippen LogP contribution >= 0.6 is 27.5 Å². The van der Waals surface area contributed by atoms with Crippen LogP contribution in [-0.2, 0) is 0 Å². The van der Waals surface area contributed by atoms with Gasteiger partial charge in [-0.05, 0) is 60.4 Å². The second-order valence-electron chi connectivity index (χ2n) is 5.21.